The van der Waals surface area contributed by atoms with Crippen molar-refractivity contribution in [1.29, 1.82) is 0 Å². The third kappa shape index (κ3) is 1.89. The first-order valence-electron chi connectivity index (χ1n) is 7.11. The summed E-state index contributed by atoms with van der Waals surface area (Å²) in [5.41, 5.74) is 9.26. The molecule has 19 heavy (non-hydrogen) atoms. The van der Waals surface area contributed by atoms with E-state index in [9.17, 15) is 0 Å². The molecule has 2 aromatic rings. The molecule has 0 radical (unpaired) electrons. The lowest BCUT2D eigenvalue weighted by Crippen LogP contribution is -2.45. The number of rotatable bonds is 4. The average molecular weight is 255 g/mol. The first kappa shape index (κ1) is 12.4. The van der Waals surface area contributed by atoms with Crippen LogP contribution < -0.4 is 5.73 Å². The number of aromatic nitrogens is 2. The molecule has 1 aromatic heterocycles. The van der Waals surface area contributed by atoms with Crippen LogP contribution in [0.15, 0.2) is 42.6 Å². The topological polar surface area (TPSA) is 43.8 Å². The standard InChI is InChI=1S/C16H21N3/c1-2-19-14(9-12-18-19)15(17)16(10-6-11-16)13-7-4-3-5-8-13/h3-5,7-9,12,15H,2,6,10-11,17H2,1H3. The Labute approximate surface area is 114 Å². The number of benzene rings is 1. The smallest absolute Gasteiger partial charge is 0.0565 e. The molecule has 2 N–H and O–H groups in total. The quantitative estimate of drug-likeness (QED) is 0.912. The zero-order valence-electron chi connectivity index (χ0n) is 11.4. The first-order valence-corrected chi connectivity index (χ1v) is 7.11. The molecule has 1 heterocycles. The monoisotopic (exact) mass is 255 g/mol. The minimum Gasteiger partial charge on any atom is -0.322 e. The lowest BCUT2D eigenvalue weighted by Gasteiger charge is -2.47. The Morgan fingerprint density at radius 3 is 2.58 bits per heavy atom. The molecule has 1 fully saturated rings. The second-order valence-corrected chi connectivity index (χ2v) is 5.43. The summed E-state index contributed by atoms with van der Waals surface area (Å²) in [6.45, 7) is 2.99. The van der Waals surface area contributed by atoms with Gasteiger partial charge in [0.05, 0.1) is 11.7 Å². The van der Waals surface area contributed by atoms with Crippen LogP contribution in [0.25, 0.3) is 0 Å². The van der Waals surface area contributed by atoms with E-state index in [1.54, 1.807) is 0 Å². The molecule has 0 bridgehead atoms. The summed E-state index contributed by atoms with van der Waals surface area (Å²) in [7, 11) is 0. The van der Waals surface area contributed by atoms with E-state index in [0.29, 0.717) is 0 Å². The zero-order valence-corrected chi connectivity index (χ0v) is 11.4. The number of aryl methyl sites for hydroxylation is 1. The first-order chi connectivity index (χ1) is 9.28. The van der Waals surface area contributed by atoms with Crippen molar-refractivity contribution < 1.29 is 0 Å². The van der Waals surface area contributed by atoms with E-state index in [4.69, 9.17) is 5.73 Å². The maximum Gasteiger partial charge on any atom is 0.0565 e. The summed E-state index contributed by atoms with van der Waals surface area (Å²) < 4.78 is 2.02. The molecule has 1 unspecified atom stereocenters. The van der Waals surface area contributed by atoms with Crippen molar-refractivity contribution in [3.05, 3.63) is 53.9 Å². The SMILES string of the molecule is CCn1nccc1C(N)C1(c2ccccc2)CCC1. The molecule has 0 amide bonds. The van der Waals surface area contributed by atoms with Crippen LogP contribution in [-0.2, 0) is 12.0 Å². The van der Waals surface area contributed by atoms with E-state index in [1.807, 2.05) is 10.9 Å². The highest BCUT2D eigenvalue weighted by Crippen LogP contribution is 2.50. The van der Waals surface area contributed by atoms with Crippen LogP contribution in [-0.4, -0.2) is 9.78 Å². The third-order valence-electron chi connectivity index (χ3n) is 4.56. The van der Waals surface area contributed by atoms with Crippen molar-refractivity contribution in [1.82, 2.24) is 9.78 Å². The highest BCUT2D eigenvalue weighted by Gasteiger charge is 2.45. The van der Waals surface area contributed by atoms with E-state index in [2.05, 4.69) is 48.4 Å². The second kappa shape index (κ2) is 4.82. The van der Waals surface area contributed by atoms with Crippen molar-refractivity contribution in [2.24, 2.45) is 5.73 Å². The second-order valence-electron chi connectivity index (χ2n) is 5.43. The van der Waals surface area contributed by atoms with Crippen LogP contribution in [0.3, 0.4) is 0 Å². The van der Waals surface area contributed by atoms with Gasteiger partial charge in [0.2, 0.25) is 0 Å². The number of nitrogens with two attached hydrogens (primary N) is 1. The Balaban J connectivity index is 1.99. The maximum atomic E-state index is 6.63. The van der Waals surface area contributed by atoms with Crippen LogP contribution in [0, 0.1) is 0 Å². The van der Waals surface area contributed by atoms with Crippen molar-refractivity contribution in [2.45, 2.75) is 44.2 Å². The van der Waals surface area contributed by atoms with Gasteiger partial charge in [-0.15, -0.1) is 0 Å². The molecule has 1 saturated carbocycles. The highest BCUT2D eigenvalue weighted by molar-refractivity contribution is 5.33. The predicted molar refractivity (Wildman–Crippen MR) is 76.8 cm³/mol. The molecule has 3 rings (SSSR count). The molecule has 1 aliphatic carbocycles. The van der Waals surface area contributed by atoms with Gasteiger partial charge in [0, 0.05) is 18.2 Å². The summed E-state index contributed by atoms with van der Waals surface area (Å²) in [6.07, 6.45) is 5.47. The average Bonchev–Trinajstić information content (AvgIpc) is 2.87. The Morgan fingerprint density at radius 2 is 2.00 bits per heavy atom. The van der Waals surface area contributed by atoms with E-state index in [1.165, 1.54) is 24.8 Å². The Kier molecular flexibility index (Phi) is 3.15. The molecule has 0 aliphatic heterocycles. The summed E-state index contributed by atoms with van der Waals surface area (Å²) in [5, 5.41) is 4.36. The van der Waals surface area contributed by atoms with Crippen LogP contribution in [0.4, 0.5) is 0 Å². The fourth-order valence-electron chi connectivity index (χ4n) is 3.26. The number of nitrogens with zero attached hydrogens (tertiary/aromatic N) is 2. The van der Waals surface area contributed by atoms with Crippen LogP contribution in [0.2, 0.25) is 0 Å². The number of hydrogen-bond acceptors (Lipinski definition) is 2. The van der Waals surface area contributed by atoms with Crippen molar-refractivity contribution in [2.75, 3.05) is 0 Å². The molecule has 0 spiro atoms. The number of hydrogen-bond donors (Lipinski definition) is 1. The summed E-state index contributed by atoms with van der Waals surface area (Å²) in [6, 6.07) is 12.8. The van der Waals surface area contributed by atoms with Gasteiger partial charge in [-0.05, 0) is 31.4 Å². The van der Waals surface area contributed by atoms with Gasteiger partial charge in [-0.25, -0.2) is 0 Å². The van der Waals surface area contributed by atoms with Crippen LogP contribution in [0.5, 0.6) is 0 Å². The normalized spacial score (nSPS) is 18.8. The zero-order chi connectivity index (χ0) is 13.3. The predicted octanol–water partition coefficient (Wildman–Crippen LogP) is 3.02. The van der Waals surface area contributed by atoms with Crippen molar-refractivity contribution in [3.63, 3.8) is 0 Å². The van der Waals surface area contributed by atoms with E-state index in [0.717, 1.165) is 12.2 Å². The maximum absolute atomic E-state index is 6.63. The molecule has 1 atom stereocenters. The molecule has 100 valence electrons. The fraction of sp³-hybridized carbons (Fsp3) is 0.438. The molecule has 3 heteroatoms. The Hall–Kier alpha value is -1.61. The fourth-order valence-corrected chi connectivity index (χ4v) is 3.26. The van der Waals surface area contributed by atoms with Crippen molar-refractivity contribution in [3.8, 4) is 0 Å². The lowest BCUT2D eigenvalue weighted by atomic mass is 9.59. The van der Waals surface area contributed by atoms with Gasteiger partial charge in [-0.1, -0.05) is 36.8 Å². The lowest BCUT2D eigenvalue weighted by molar-refractivity contribution is 0.190. The van der Waals surface area contributed by atoms with E-state index < -0.39 is 0 Å². The summed E-state index contributed by atoms with van der Waals surface area (Å²) >= 11 is 0. The third-order valence-corrected chi connectivity index (χ3v) is 4.56. The highest BCUT2D eigenvalue weighted by atomic mass is 15.3. The van der Waals surface area contributed by atoms with Gasteiger partial charge < -0.3 is 5.73 Å². The van der Waals surface area contributed by atoms with Gasteiger partial charge in [0.15, 0.2) is 0 Å². The minimum absolute atomic E-state index is 0.0334. The molecular formula is C16H21N3. The van der Waals surface area contributed by atoms with Gasteiger partial charge in [0.1, 0.15) is 0 Å². The summed E-state index contributed by atoms with van der Waals surface area (Å²) in [4.78, 5) is 0. The summed E-state index contributed by atoms with van der Waals surface area (Å²) in [5.74, 6) is 0. The van der Waals surface area contributed by atoms with Gasteiger partial charge in [-0.2, -0.15) is 5.10 Å². The minimum atomic E-state index is 0.0334. The van der Waals surface area contributed by atoms with Gasteiger partial charge in [-0.3, -0.25) is 4.68 Å². The molecular weight excluding hydrogens is 234 g/mol. The van der Waals surface area contributed by atoms with Crippen molar-refractivity contribution >= 4 is 0 Å². The Morgan fingerprint density at radius 1 is 1.26 bits per heavy atom. The van der Waals surface area contributed by atoms with E-state index >= 15 is 0 Å². The van der Waals surface area contributed by atoms with Gasteiger partial charge in [0.25, 0.3) is 0 Å². The molecule has 3 nitrogen and oxygen atoms in total. The van der Waals surface area contributed by atoms with E-state index in [-0.39, 0.29) is 11.5 Å². The van der Waals surface area contributed by atoms with Crippen LogP contribution in [0.1, 0.15) is 43.5 Å². The van der Waals surface area contributed by atoms with Gasteiger partial charge >= 0.3 is 0 Å². The Bertz CT molecular complexity index is 540. The van der Waals surface area contributed by atoms with Crippen LogP contribution >= 0.6 is 0 Å². The molecule has 1 aromatic carbocycles. The molecule has 1 aliphatic rings. The molecule has 0 saturated heterocycles. The largest absolute Gasteiger partial charge is 0.322 e.